The van der Waals surface area contributed by atoms with Gasteiger partial charge in [0.2, 0.25) is 5.91 Å². The van der Waals surface area contributed by atoms with E-state index in [1.165, 1.54) is 19.1 Å². The molecule has 0 aliphatic carbocycles. The third-order valence-electron chi connectivity index (χ3n) is 3.69. The van der Waals surface area contributed by atoms with Crippen LogP contribution < -0.4 is 16.0 Å². The fraction of sp³-hybridized carbons (Fsp3) is 0.471. The van der Waals surface area contributed by atoms with E-state index in [0.29, 0.717) is 17.9 Å². The van der Waals surface area contributed by atoms with Crippen molar-refractivity contribution < 1.29 is 14.4 Å². The van der Waals surface area contributed by atoms with E-state index in [-0.39, 0.29) is 0 Å². The van der Waals surface area contributed by atoms with Crippen LogP contribution in [0.4, 0.5) is 11.4 Å². The van der Waals surface area contributed by atoms with Crippen molar-refractivity contribution >= 4 is 29.1 Å². The molecule has 1 aromatic rings. The van der Waals surface area contributed by atoms with Crippen molar-refractivity contribution in [2.45, 2.75) is 27.2 Å². The normalized spacial score (nSPS) is 10.5. The quantitative estimate of drug-likeness (QED) is 0.440. The van der Waals surface area contributed by atoms with Crippen molar-refractivity contribution in [3.05, 3.63) is 24.3 Å². The summed E-state index contributed by atoms with van der Waals surface area (Å²) in [5, 5.41) is 2.57. The Morgan fingerprint density at radius 2 is 1.67 bits per heavy atom. The Hall–Kier alpha value is -2.41. The van der Waals surface area contributed by atoms with Crippen LogP contribution in [-0.2, 0) is 14.4 Å². The molecule has 0 saturated carbocycles. The number of carbonyl (C=O) groups is 3. The fourth-order valence-electron chi connectivity index (χ4n) is 2.29. The zero-order chi connectivity index (χ0) is 18.1. The number of amides is 3. The van der Waals surface area contributed by atoms with Crippen LogP contribution >= 0.6 is 0 Å². The summed E-state index contributed by atoms with van der Waals surface area (Å²) in [6.07, 6.45) is 0.739. The predicted molar refractivity (Wildman–Crippen MR) is 94.4 cm³/mol. The molecular formula is C17H26N4O3. The lowest BCUT2D eigenvalue weighted by molar-refractivity contribution is -0.139. The van der Waals surface area contributed by atoms with E-state index in [2.05, 4.69) is 24.1 Å². The van der Waals surface area contributed by atoms with Gasteiger partial charge in [0.15, 0.2) is 0 Å². The standard InChI is InChI=1S/C17H26N4O3/c1-4-20(5-2)12-6-11-19-16(23)17(24)21(13(3)22)15-9-7-14(18)8-10-15/h7-10H,4-6,11-12,18H2,1-3H3,(H,19,23). The summed E-state index contributed by atoms with van der Waals surface area (Å²) in [7, 11) is 0. The summed E-state index contributed by atoms with van der Waals surface area (Å²) >= 11 is 0. The van der Waals surface area contributed by atoms with E-state index in [9.17, 15) is 14.4 Å². The average Bonchev–Trinajstić information content (AvgIpc) is 2.56. The highest BCUT2D eigenvalue weighted by molar-refractivity contribution is 6.45. The number of imide groups is 1. The topological polar surface area (TPSA) is 95.7 Å². The summed E-state index contributed by atoms with van der Waals surface area (Å²) in [5.41, 5.74) is 6.42. The number of hydrogen-bond acceptors (Lipinski definition) is 5. The van der Waals surface area contributed by atoms with Gasteiger partial charge in [-0.25, -0.2) is 4.90 Å². The smallest absolute Gasteiger partial charge is 0.323 e. The van der Waals surface area contributed by atoms with E-state index in [4.69, 9.17) is 5.73 Å². The maximum absolute atomic E-state index is 12.3. The maximum Gasteiger partial charge on any atom is 0.323 e. The van der Waals surface area contributed by atoms with Gasteiger partial charge < -0.3 is 16.0 Å². The summed E-state index contributed by atoms with van der Waals surface area (Å²) in [6.45, 7) is 8.50. The molecule has 0 spiro atoms. The first kappa shape index (κ1) is 19.6. The highest BCUT2D eigenvalue weighted by Crippen LogP contribution is 2.16. The molecule has 0 bridgehead atoms. The number of carbonyl (C=O) groups excluding carboxylic acids is 3. The van der Waals surface area contributed by atoms with E-state index >= 15 is 0 Å². The second-order valence-corrected chi connectivity index (χ2v) is 5.39. The van der Waals surface area contributed by atoms with Gasteiger partial charge in [-0.05, 0) is 50.3 Å². The molecule has 3 N–H and O–H groups in total. The van der Waals surface area contributed by atoms with Crippen LogP contribution in [0.15, 0.2) is 24.3 Å². The van der Waals surface area contributed by atoms with Gasteiger partial charge in [0.1, 0.15) is 0 Å². The number of anilines is 2. The molecular weight excluding hydrogens is 308 g/mol. The van der Waals surface area contributed by atoms with Gasteiger partial charge in [0.05, 0.1) is 5.69 Å². The Kier molecular flexibility index (Phi) is 7.91. The first-order chi connectivity index (χ1) is 11.4. The van der Waals surface area contributed by atoms with E-state index < -0.39 is 17.7 Å². The molecule has 0 radical (unpaired) electrons. The summed E-state index contributed by atoms with van der Waals surface area (Å²) in [6, 6.07) is 6.20. The molecule has 0 heterocycles. The van der Waals surface area contributed by atoms with Crippen LogP contribution in [0.3, 0.4) is 0 Å². The first-order valence-electron chi connectivity index (χ1n) is 8.11. The van der Waals surface area contributed by atoms with Crippen molar-refractivity contribution in [3.63, 3.8) is 0 Å². The Bertz CT molecular complexity index is 568. The van der Waals surface area contributed by atoms with Crippen LogP contribution in [0.1, 0.15) is 27.2 Å². The van der Waals surface area contributed by atoms with Crippen LogP contribution in [-0.4, -0.2) is 48.8 Å². The third kappa shape index (κ3) is 5.66. The average molecular weight is 334 g/mol. The Balaban J connectivity index is 2.62. The Morgan fingerprint density at radius 3 is 2.17 bits per heavy atom. The van der Waals surface area contributed by atoms with E-state index in [0.717, 1.165) is 31.0 Å². The SMILES string of the molecule is CCN(CC)CCCNC(=O)C(=O)N(C(C)=O)c1ccc(N)cc1. The number of nitrogens with two attached hydrogens (primary N) is 1. The minimum absolute atomic E-state index is 0.319. The van der Waals surface area contributed by atoms with Crippen LogP contribution in [0, 0.1) is 0 Å². The molecule has 0 fully saturated rings. The minimum Gasteiger partial charge on any atom is -0.399 e. The van der Waals surface area contributed by atoms with Crippen LogP contribution in [0.25, 0.3) is 0 Å². The van der Waals surface area contributed by atoms with Gasteiger partial charge in [-0.15, -0.1) is 0 Å². The number of nitrogens with zero attached hydrogens (tertiary/aromatic N) is 2. The largest absolute Gasteiger partial charge is 0.399 e. The Labute approximate surface area is 142 Å². The second-order valence-electron chi connectivity index (χ2n) is 5.39. The molecule has 132 valence electrons. The number of benzene rings is 1. The van der Waals surface area contributed by atoms with Crippen molar-refractivity contribution in [1.82, 2.24) is 10.2 Å². The zero-order valence-corrected chi connectivity index (χ0v) is 14.5. The van der Waals surface area contributed by atoms with Gasteiger partial charge in [-0.3, -0.25) is 14.4 Å². The highest BCUT2D eigenvalue weighted by atomic mass is 16.2. The van der Waals surface area contributed by atoms with Gasteiger partial charge in [0, 0.05) is 19.2 Å². The maximum atomic E-state index is 12.3. The summed E-state index contributed by atoms with van der Waals surface area (Å²) < 4.78 is 0. The molecule has 7 heteroatoms. The number of nitrogen functional groups attached to an aromatic ring is 1. The molecule has 0 aliphatic rings. The van der Waals surface area contributed by atoms with Gasteiger partial charge in [0.25, 0.3) is 0 Å². The van der Waals surface area contributed by atoms with Crippen molar-refractivity contribution in [2.24, 2.45) is 0 Å². The Morgan fingerprint density at radius 1 is 1.08 bits per heavy atom. The minimum atomic E-state index is -0.893. The van der Waals surface area contributed by atoms with E-state index in [1.54, 1.807) is 12.1 Å². The summed E-state index contributed by atoms with van der Waals surface area (Å²) in [4.78, 5) is 39.1. The van der Waals surface area contributed by atoms with Crippen LogP contribution in [0.2, 0.25) is 0 Å². The third-order valence-corrected chi connectivity index (χ3v) is 3.69. The first-order valence-corrected chi connectivity index (χ1v) is 8.11. The lowest BCUT2D eigenvalue weighted by Gasteiger charge is -2.20. The van der Waals surface area contributed by atoms with Gasteiger partial charge in [-0.2, -0.15) is 0 Å². The number of nitrogens with one attached hydrogen (secondary N) is 1. The number of hydrogen-bond donors (Lipinski definition) is 2. The molecule has 0 aromatic heterocycles. The second kappa shape index (κ2) is 9.67. The zero-order valence-electron chi connectivity index (χ0n) is 14.5. The molecule has 24 heavy (non-hydrogen) atoms. The van der Waals surface area contributed by atoms with Crippen molar-refractivity contribution in [3.8, 4) is 0 Å². The predicted octanol–water partition coefficient (Wildman–Crippen LogP) is 0.996. The van der Waals surface area contributed by atoms with Gasteiger partial charge >= 0.3 is 11.8 Å². The summed E-state index contributed by atoms with van der Waals surface area (Å²) in [5.74, 6) is -2.21. The molecule has 3 amide bonds. The highest BCUT2D eigenvalue weighted by Gasteiger charge is 2.26. The fourth-order valence-corrected chi connectivity index (χ4v) is 2.29. The van der Waals surface area contributed by atoms with Crippen LogP contribution in [0.5, 0.6) is 0 Å². The molecule has 0 aliphatic heterocycles. The molecule has 1 rings (SSSR count). The lowest BCUT2D eigenvalue weighted by atomic mass is 10.2. The molecule has 0 atom stereocenters. The monoisotopic (exact) mass is 334 g/mol. The molecule has 1 aromatic carbocycles. The number of rotatable bonds is 7. The van der Waals surface area contributed by atoms with Crippen molar-refractivity contribution in [2.75, 3.05) is 36.8 Å². The van der Waals surface area contributed by atoms with Gasteiger partial charge in [-0.1, -0.05) is 13.8 Å². The molecule has 0 unspecified atom stereocenters. The molecule has 7 nitrogen and oxygen atoms in total. The molecule has 0 saturated heterocycles. The lowest BCUT2D eigenvalue weighted by Crippen LogP contribution is -2.46. The van der Waals surface area contributed by atoms with E-state index in [1.807, 2.05) is 0 Å². The van der Waals surface area contributed by atoms with Crippen molar-refractivity contribution in [1.29, 1.82) is 0 Å².